The number of ketones is 1. The van der Waals surface area contributed by atoms with Gasteiger partial charge in [-0.2, -0.15) is 0 Å². The van der Waals surface area contributed by atoms with Crippen LogP contribution < -0.4 is 19.3 Å². The molecule has 2 aromatic rings. The number of aliphatic carboxylic acids is 1. The zero-order valence-electron chi connectivity index (χ0n) is 23.6. The Morgan fingerprint density at radius 1 is 1.13 bits per heavy atom. The summed E-state index contributed by atoms with van der Waals surface area (Å²) in [5, 5.41) is 14.3. The van der Waals surface area contributed by atoms with Gasteiger partial charge >= 0.3 is 11.9 Å². The van der Waals surface area contributed by atoms with Crippen molar-refractivity contribution in [2.45, 2.75) is 45.8 Å². The van der Waals surface area contributed by atoms with Crippen LogP contribution in [0.4, 0.5) is 5.69 Å². The third kappa shape index (κ3) is 4.73. The fraction of sp³-hybridized carbons (Fsp3) is 0.500. The summed E-state index contributed by atoms with van der Waals surface area (Å²) < 4.78 is 17.0. The van der Waals surface area contributed by atoms with E-state index in [0.29, 0.717) is 34.9 Å². The number of nitrogens with zero attached hydrogens (tertiary/aromatic N) is 1. The predicted octanol–water partition coefficient (Wildman–Crippen LogP) is 3.73. The van der Waals surface area contributed by atoms with Crippen LogP contribution in [0.3, 0.4) is 0 Å². The van der Waals surface area contributed by atoms with Crippen LogP contribution in [0.5, 0.6) is 11.5 Å². The topological polar surface area (TPSA) is 111 Å². The lowest BCUT2D eigenvalue weighted by Gasteiger charge is -2.54. The number of methoxy groups -OCH3 is 2. The Morgan fingerprint density at radius 2 is 1.85 bits per heavy atom. The summed E-state index contributed by atoms with van der Waals surface area (Å²) in [4.78, 5) is 41.4. The largest absolute Gasteiger partial charge is 0.497 e. The maximum absolute atomic E-state index is 14.6. The molecule has 1 saturated heterocycles. The highest BCUT2D eigenvalue weighted by Crippen LogP contribution is 2.51. The molecule has 4 rings (SSSR count). The number of carboxylic acid groups (broad SMARTS) is 1. The van der Waals surface area contributed by atoms with Gasteiger partial charge in [-0.15, -0.1) is 0 Å². The molecule has 0 aliphatic carbocycles. The van der Waals surface area contributed by atoms with E-state index in [2.05, 4.69) is 5.32 Å². The molecule has 9 nitrogen and oxygen atoms in total. The molecule has 1 unspecified atom stereocenters. The van der Waals surface area contributed by atoms with Crippen LogP contribution >= 0.6 is 0 Å². The van der Waals surface area contributed by atoms with Crippen molar-refractivity contribution in [2.24, 2.45) is 11.3 Å². The Labute approximate surface area is 229 Å². The van der Waals surface area contributed by atoms with Crippen LogP contribution in [0.15, 0.2) is 42.5 Å². The number of carbonyl (C=O) groups excluding carboxylic acids is 2. The first-order valence-corrected chi connectivity index (χ1v) is 13.2. The standard InChI is InChI=1S/C30H38N2O7/c1-19(33)23-16-31-14-13-30(23,28(35)36)32(18-29(2,3)4)24-12-11-20(37-5)15-22(24)27(39-17-26(32)34)21-9-7-8-10-25(21)38-6/h7-12,15,23,27,31H,13-14,16-18H2,1-6H3/p+1/t23-,27?,30+,32+/m1/s1. The normalized spacial score (nSPS) is 27.3. The van der Waals surface area contributed by atoms with Crippen LogP contribution in [0.1, 0.15) is 51.3 Å². The van der Waals surface area contributed by atoms with Gasteiger partial charge < -0.3 is 24.6 Å². The zero-order chi connectivity index (χ0) is 28.6. The van der Waals surface area contributed by atoms with Crippen molar-refractivity contribution in [2.75, 3.05) is 40.5 Å². The molecule has 2 aromatic carbocycles. The number of carboxylic acids is 1. The first kappa shape index (κ1) is 28.7. The van der Waals surface area contributed by atoms with E-state index in [1.165, 1.54) is 6.92 Å². The number of quaternary nitrogens is 1. The number of Topliss-reactive ketones (excluding diaryl/α,β-unsaturated/α-hetero) is 1. The highest BCUT2D eigenvalue weighted by atomic mass is 16.5. The van der Waals surface area contributed by atoms with Crippen LogP contribution in [0.25, 0.3) is 0 Å². The summed E-state index contributed by atoms with van der Waals surface area (Å²) in [6.07, 6.45) is -0.641. The highest BCUT2D eigenvalue weighted by Gasteiger charge is 2.70. The van der Waals surface area contributed by atoms with Gasteiger partial charge in [0.15, 0.2) is 6.61 Å². The van der Waals surface area contributed by atoms with Gasteiger partial charge in [0.2, 0.25) is 5.54 Å². The molecule has 0 bridgehead atoms. The third-order valence-electron chi connectivity index (χ3n) is 8.01. The van der Waals surface area contributed by atoms with Crippen LogP contribution in [0.2, 0.25) is 0 Å². The van der Waals surface area contributed by atoms with Gasteiger partial charge in [-0.1, -0.05) is 39.0 Å². The minimum Gasteiger partial charge on any atom is -0.497 e. The Bertz CT molecular complexity index is 1270. The fourth-order valence-electron chi connectivity index (χ4n) is 6.53. The van der Waals surface area contributed by atoms with Crippen molar-refractivity contribution >= 4 is 23.3 Å². The summed E-state index contributed by atoms with van der Waals surface area (Å²) in [6.45, 7) is 7.68. The molecule has 0 radical (unpaired) electrons. The van der Waals surface area contributed by atoms with Crippen LogP contribution in [0, 0.1) is 11.3 Å². The number of hydrogen-bond acceptors (Lipinski definition) is 7. The number of ether oxygens (including phenoxy) is 3. The number of piperidine rings is 1. The number of hydrogen-bond donors (Lipinski definition) is 2. The molecule has 4 atom stereocenters. The molecule has 2 aliphatic heterocycles. The minimum absolute atomic E-state index is 0.0964. The van der Waals surface area contributed by atoms with E-state index >= 15 is 0 Å². The SMILES string of the molecule is COc1ccc2c(c1)C(c1ccccc1OC)OCC(=O)[N@@+]2(CC(C)(C)C)[C@@]1(C(=O)O)CCNC[C@@H]1C(C)=O. The van der Waals surface area contributed by atoms with Crippen LogP contribution in [-0.2, 0) is 19.1 Å². The van der Waals surface area contributed by atoms with Gasteiger partial charge in [0, 0.05) is 36.6 Å². The van der Waals surface area contributed by atoms with Gasteiger partial charge in [0.1, 0.15) is 29.1 Å². The maximum Gasteiger partial charge on any atom is 0.367 e. The van der Waals surface area contributed by atoms with Gasteiger partial charge in [-0.05, 0) is 25.1 Å². The van der Waals surface area contributed by atoms with Crippen molar-refractivity contribution in [3.05, 3.63) is 53.6 Å². The van der Waals surface area contributed by atoms with Gasteiger partial charge in [-0.3, -0.25) is 4.79 Å². The van der Waals surface area contributed by atoms with Crippen molar-refractivity contribution in [3.8, 4) is 11.5 Å². The minimum atomic E-state index is -1.75. The highest BCUT2D eigenvalue weighted by molar-refractivity contribution is 6.02. The lowest BCUT2D eigenvalue weighted by Crippen LogP contribution is -2.80. The lowest BCUT2D eigenvalue weighted by atomic mass is 9.70. The molecule has 1 amide bonds. The number of carbonyl (C=O) groups is 3. The second kappa shape index (κ2) is 10.7. The summed E-state index contributed by atoms with van der Waals surface area (Å²) in [5.41, 5.74) is -0.429. The van der Waals surface area contributed by atoms with E-state index < -0.39 is 39.3 Å². The van der Waals surface area contributed by atoms with Crippen LogP contribution in [-0.4, -0.2) is 68.8 Å². The predicted molar refractivity (Wildman–Crippen MR) is 147 cm³/mol. The molecule has 9 heteroatoms. The smallest absolute Gasteiger partial charge is 0.367 e. The third-order valence-corrected chi connectivity index (χ3v) is 8.01. The first-order valence-electron chi connectivity index (χ1n) is 13.2. The van der Waals surface area contributed by atoms with E-state index in [1.54, 1.807) is 32.4 Å². The van der Waals surface area contributed by atoms with Crippen molar-refractivity contribution in [3.63, 3.8) is 0 Å². The Balaban J connectivity index is 2.15. The van der Waals surface area contributed by atoms with Crippen molar-refractivity contribution in [1.82, 2.24) is 9.80 Å². The quantitative estimate of drug-likeness (QED) is 0.512. The second-order valence-corrected chi connectivity index (χ2v) is 11.6. The molecule has 2 aliphatic rings. The average Bonchev–Trinajstić information content (AvgIpc) is 3.02. The monoisotopic (exact) mass is 539 g/mol. The number of para-hydroxylation sites is 1. The zero-order valence-corrected chi connectivity index (χ0v) is 23.6. The Hall–Kier alpha value is -3.27. The molecular weight excluding hydrogens is 500 g/mol. The molecule has 0 aromatic heterocycles. The Morgan fingerprint density at radius 3 is 2.46 bits per heavy atom. The first-order chi connectivity index (χ1) is 18.4. The van der Waals surface area contributed by atoms with Gasteiger partial charge in [0.25, 0.3) is 0 Å². The maximum atomic E-state index is 14.6. The average molecular weight is 540 g/mol. The van der Waals surface area contributed by atoms with Crippen molar-refractivity contribution < 1.29 is 33.7 Å². The van der Waals surface area contributed by atoms with E-state index in [9.17, 15) is 19.5 Å². The summed E-state index contributed by atoms with van der Waals surface area (Å²) in [7, 11) is 3.12. The summed E-state index contributed by atoms with van der Waals surface area (Å²) in [5.74, 6) is -1.66. The molecule has 2 heterocycles. The second-order valence-electron chi connectivity index (χ2n) is 11.6. The molecule has 0 spiro atoms. The number of benzene rings is 2. The molecule has 2 N–H and O–H groups in total. The number of rotatable bonds is 7. The van der Waals surface area contributed by atoms with Gasteiger partial charge in [0.05, 0.1) is 32.2 Å². The molecule has 210 valence electrons. The number of nitrogens with one attached hydrogen (secondary N) is 1. The molecule has 39 heavy (non-hydrogen) atoms. The summed E-state index contributed by atoms with van der Waals surface area (Å²) >= 11 is 0. The van der Waals surface area contributed by atoms with E-state index in [0.717, 1.165) is 0 Å². The summed E-state index contributed by atoms with van der Waals surface area (Å²) in [6, 6.07) is 12.7. The fourth-order valence-corrected chi connectivity index (χ4v) is 6.53. The van der Waals surface area contributed by atoms with E-state index in [1.807, 2.05) is 45.0 Å². The lowest BCUT2D eigenvalue weighted by molar-refractivity contribution is -0.170. The van der Waals surface area contributed by atoms with E-state index in [4.69, 9.17) is 14.2 Å². The molecule has 0 saturated carbocycles. The van der Waals surface area contributed by atoms with Crippen molar-refractivity contribution in [1.29, 1.82) is 0 Å². The van der Waals surface area contributed by atoms with Gasteiger partial charge in [-0.25, -0.2) is 14.1 Å². The Kier molecular flexibility index (Phi) is 7.89. The number of amides is 1. The molecule has 1 fully saturated rings. The molecular formula is C30H39N2O7+. The van der Waals surface area contributed by atoms with E-state index in [-0.39, 0.29) is 31.9 Å². The number of fused-ring (bicyclic) bond motifs is 1.